The minimum Gasteiger partial charge on any atom is -0.455 e. The van der Waals surface area contributed by atoms with Gasteiger partial charge in [-0.25, -0.2) is 15.0 Å². The fraction of sp³-hybridized carbons (Fsp3) is 0. The summed E-state index contributed by atoms with van der Waals surface area (Å²) in [5.74, 6) is 1.76. The molecule has 0 amide bonds. The monoisotopic (exact) mass is 651 g/mol. The summed E-state index contributed by atoms with van der Waals surface area (Å²) in [5, 5.41) is 6.93. The largest absolute Gasteiger partial charge is 0.455 e. The number of para-hydroxylation sites is 2. The summed E-state index contributed by atoms with van der Waals surface area (Å²) in [4.78, 5) is 15.5. The molecule has 0 radical (unpaired) electrons. The predicted molar refractivity (Wildman–Crippen MR) is 209 cm³/mol. The number of nitrogens with zero attached hydrogens (tertiary/aromatic N) is 3. The van der Waals surface area contributed by atoms with Crippen LogP contribution in [0, 0.1) is 0 Å². The maximum atomic E-state index is 6.46. The normalized spacial score (nSPS) is 11.5. The molecule has 0 saturated carbocycles. The molecule has 0 atom stereocenters. The highest BCUT2D eigenvalue weighted by Crippen LogP contribution is 2.38. The van der Waals surface area contributed by atoms with Crippen LogP contribution in [0.4, 0.5) is 0 Å². The number of fused-ring (bicyclic) bond motifs is 5. The fourth-order valence-corrected chi connectivity index (χ4v) is 7.14. The van der Waals surface area contributed by atoms with Crippen LogP contribution in [0.3, 0.4) is 0 Å². The Balaban J connectivity index is 1.15. The molecule has 238 valence electrons. The van der Waals surface area contributed by atoms with Gasteiger partial charge in [0.2, 0.25) is 0 Å². The van der Waals surface area contributed by atoms with Gasteiger partial charge in [-0.2, -0.15) is 0 Å². The maximum Gasteiger partial charge on any atom is 0.167 e. The van der Waals surface area contributed by atoms with E-state index in [0.717, 1.165) is 60.9 Å². The molecular formula is C47H29N3O. The van der Waals surface area contributed by atoms with E-state index in [9.17, 15) is 0 Å². The summed E-state index contributed by atoms with van der Waals surface area (Å²) in [5.41, 5.74) is 8.71. The topological polar surface area (TPSA) is 51.8 Å². The molecule has 0 spiro atoms. The van der Waals surface area contributed by atoms with Crippen LogP contribution < -0.4 is 0 Å². The molecule has 0 aliphatic rings. The van der Waals surface area contributed by atoms with Crippen LogP contribution in [0.5, 0.6) is 0 Å². The molecule has 0 bridgehead atoms. The van der Waals surface area contributed by atoms with E-state index in [1.54, 1.807) is 0 Å². The van der Waals surface area contributed by atoms with Crippen molar-refractivity contribution in [3.8, 4) is 56.4 Å². The van der Waals surface area contributed by atoms with Gasteiger partial charge in [0.15, 0.2) is 17.5 Å². The number of hydrogen-bond acceptors (Lipinski definition) is 4. The van der Waals surface area contributed by atoms with Gasteiger partial charge in [0, 0.05) is 21.9 Å². The van der Waals surface area contributed by atoms with Crippen molar-refractivity contribution in [2.24, 2.45) is 0 Å². The lowest BCUT2D eigenvalue weighted by molar-refractivity contribution is 0.669. The number of furan rings is 1. The highest BCUT2D eigenvalue weighted by molar-refractivity contribution is 6.09. The first-order valence-corrected chi connectivity index (χ1v) is 17.1. The average molecular weight is 652 g/mol. The van der Waals surface area contributed by atoms with Gasteiger partial charge in [-0.1, -0.05) is 152 Å². The fourth-order valence-electron chi connectivity index (χ4n) is 7.14. The molecule has 2 heterocycles. The van der Waals surface area contributed by atoms with Crippen LogP contribution in [0.2, 0.25) is 0 Å². The van der Waals surface area contributed by atoms with Gasteiger partial charge < -0.3 is 4.42 Å². The molecule has 4 heteroatoms. The Morgan fingerprint density at radius 3 is 1.59 bits per heavy atom. The molecule has 51 heavy (non-hydrogen) atoms. The highest BCUT2D eigenvalue weighted by Gasteiger charge is 2.19. The van der Waals surface area contributed by atoms with E-state index in [2.05, 4.69) is 140 Å². The first-order valence-electron chi connectivity index (χ1n) is 17.1. The number of hydrogen-bond donors (Lipinski definition) is 0. The quantitative estimate of drug-likeness (QED) is 0.186. The second-order valence-electron chi connectivity index (χ2n) is 12.8. The summed E-state index contributed by atoms with van der Waals surface area (Å²) >= 11 is 0. The molecular weight excluding hydrogens is 623 g/mol. The average Bonchev–Trinajstić information content (AvgIpc) is 3.59. The third-order valence-corrected chi connectivity index (χ3v) is 9.73. The van der Waals surface area contributed by atoms with Crippen molar-refractivity contribution >= 4 is 43.5 Å². The van der Waals surface area contributed by atoms with Gasteiger partial charge in [0.05, 0.1) is 5.56 Å². The van der Waals surface area contributed by atoms with E-state index in [-0.39, 0.29) is 0 Å². The molecule has 10 rings (SSSR count). The van der Waals surface area contributed by atoms with Crippen molar-refractivity contribution in [3.63, 3.8) is 0 Å². The highest BCUT2D eigenvalue weighted by atomic mass is 16.3. The molecule has 0 N–H and O–H groups in total. The number of rotatable bonds is 5. The lowest BCUT2D eigenvalue weighted by Gasteiger charge is -2.13. The van der Waals surface area contributed by atoms with E-state index < -0.39 is 0 Å². The standard InChI is InChI=1S/C47H29N3O/c1-3-12-34-28-36(26-22-30(34)10-1)32-20-24-33(25-21-32)45-48-46(41-16-6-5-14-38(41)37-27-23-31-11-2-4-13-35(31)29-37)50-47(49-45)42-18-9-17-40-39-15-7-8-19-43(39)51-44(40)42/h1-29H. The third kappa shape index (κ3) is 5.13. The molecule has 0 saturated heterocycles. The summed E-state index contributed by atoms with van der Waals surface area (Å²) in [6.07, 6.45) is 0. The zero-order valence-corrected chi connectivity index (χ0v) is 27.5. The van der Waals surface area contributed by atoms with Crippen molar-refractivity contribution < 1.29 is 4.42 Å². The Hall–Kier alpha value is -6.91. The molecule has 0 unspecified atom stereocenters. The molecule has 0 fully saturated rings. The Bertz CT molecular complexity index is 2920. The summed E-state index contributed by atoms with van der Waals surface area (Å²) in [7, 11) is 0. The smallest absolute Gasteiger partial charge is 0.167 e. The van der Waals surface area contributed by atoms with Gasteiger partial charge in [0.25, 0.3) is 0 Å². The predicted octanol–water partition coefficient (Wildman–Crippen LogP) is 12.4. The first-order chi connectivity index (χ1) is 25.2. The first kappa shape index (κ1) is 29.0. The number of benzene rings is 8. The Kier molecular flexibility index (Phi) is 6.78. The van der Waals surface area contributed by atoms with Gasteiger partial charge in [0.1, 0.15) is 11.2 Å². The molecule has 2 aromatic heterocycles. The van der Waals surface area contributed by atoms with Crippen LogP contribution in [0.25, 0.3) is 99.9 Å². The third-order valence-electron chi connectivity index (χ3n) is 9.73. The second-order valence-corrected chi connectivity index (χ2v) is 12.8. The van der Waals surface area contributed by atoms with E-state index in [1.165, 1.54) is 21.5 Å². The van der Waals surface area contributed by atoms with E-state index >= 15 is 0 Å². The van der Waals surface area contributed by atoms with Crippen molar-refractivity contribution in [1.82, 2.24) is 15.0 Å². The van der Waals surface area contributed by atoms with Gasteiger partial charge in [-0.05, 0) is 68.1 Å². The van der Waals surface area contributed by atoms with Crippen LogP contribution in [-0.2, 0) is 0 Å². The zero-order chi connectivity index (χ0) is 33.7. The van der Waals surface area contributed by atoms with E-state index in [4.69, 9.17) is 19.4 Å². The van der Waals surface area contributed by atoms with Crippen LogP contribution in [0.15, 0.2) is 180 Å². The minimum absolute atomic E-state index is 0.562. The second kappa shape index (κ2) is 11.9. The Labute approximate surface area is 294 Å². The SMILES string of the molecule is c1ccc(-c2nc(-c3ccc(-c4ccc5ccccc5c4)cc3)nc(-c3cccc4c3oc3ccccc34)n2)c(-c2ccc3ccccc3c2)c1. The van der Waals surface area contributed by atoms with E-state index in [0.29, 0.717) is 17.5 Å². The molecule has 10 aromatic rings. The van der Waals surface area contributed by atoms with E-state index in [1.807, 2.05) is 36.4 Å². The van der Waals surface area contributed by atoms with Gasteiger partial charge >= 0.3 is 0 Å². The minimum atomic E-state index is 0.562. The number of aromatic nitrogens is 3. The summed E-state index contributed by atoms with van der Waals surface area (Å²) in [6.45, 7) is 0. The molecule has 0 aliphatic carbocycles. The summed E-state index contributed by atoms with van der Waals surface area (Å²) in [6, 6.07) is 61.2. The van der Waals surface area contributed by atoms with Gasteiger partial charge in [-0.15, -0.1) is 0 Å². The Morgan fingerprint density at radius 2 is 0.824 bits per heavy atom. The van der Waals surface area contributed by atoms with Gasteiger partial charge in [-0.3, -0.25) is 0 Å². The van der Waals surface area contributed by atoms with Crippen molar-refractivity contribution in [3.05, 3.63) is 176 Å². The van der Waals surface area contributed by atoms with Crippen LogP contribution in [0.1, 0.15) is 0 Å². The molecule has 0 aliphatic heterocycles. The van der Waals surface area contributed by atoms with Crippen LogP contribution >= 0.6 is 0 Å². The summed E-state index contributed by atoms with van der Waals surface area (Å²) < 4.78 is 6.46. The van der Waals surface area contributed by atoms with Crippen molar-refractivity contribution in [2.45, 2.75) is 0 Å². The zero-order valence-electron chi connectivity index (χ0n) is 27.5. The van der Waals surface area contributed by atoms with Crippen molar-refractivity contribution in [1.29, 1.82) is 0 Å². The lowest BCUT2D eigenvalue weighted by Crippen LogP contribution is -2.01. The Morgan fingerprint density at radius 1 is 0.314 bits per heavy atom. The maximum absolute atomic E-state index is 6.46. The lowest BCUT2D eigenvalue weighted by atomic mass is 9.96. The van der Waals surface area contributed by atoms with Crippen LogP contribution in [-0.4, -0.2) is 15.0 Å². The van der Waals surface area contributed by atoms with Crippen molar-refractivity contribution in [2.75, 3.05) is 0 Å². The molecule has 8 aromatic carbocycles. The molecule has 4 nitrogen and oxygen atoms in total.